The van der Waals surface area contributed by atoms with Gasteiger partial charge in [-0.1, -0.05) is 18.2 Å². The third-order valence-electron chi connectivity index (χ3n) is 4.74. The topological polar surface area (TPSA) is 59.9 Å². The highest BCUT2D eigenvalue weighted by molar-refractivity contribution is 7.19. The molecule has 0 aliphatic carbocycles. The fourth-order valence-electron chi connectivity index (χ4n) is 3.36. The summed E-state index contributed by atoms with van der Waals surface area (Å²) in [6.07, 6.45) is 2.00. The SMILES string of the molecule is CN=C(NCC1CCCN(C)C1)NCC(O)c1cc2ccccc2s1. The maximum Gasteiger partial charge on any atom is 0.191 e. The maximum absolute atomic E-state index is 10.5. The van der Waals surface area contributed by atoms with Gasteiger partial charge in [-0.3, -0.25) is 4.99 Å². The highest BCUT2D eigenvalue weighted by Crippen LogP contribution is 2.29. The van der Waals surface area contributed by atoms with Crippen LogP contribution >= 0.6 is 11.3 Å². The molecule has 3 rings (SSSR count). The van der Waals surface area contributed by atoms with Gasteiger partial charge < -0.3 is 20.6 Å². The van der Waals surface area contributed by atoms with Gasteiger partial charge in [0.25, 0.3) is 0 Å². The van der Waals surface area contributed by atoms with Crippen LogP contribution in [0.4, 0.5) is 0 Å². The van der Waals surface area contributed by atoms with E-state index in [4.69, 9.17) is 0 Å². The molecular weight excluding hydrogens is 332 g/mol. The van der Waals surface area contributed by atoms with Crippen molar-refractivity contribution in [2.24, 2.45) is 10.9 Å². The maximum atomic E-state index is 10.5. The van der Waals surface area contributed by atoms with Gasteiger partial charge in [-0.05, 0) is 49.9 Å². The third kappa shape index (κ3) is 4.93. The Morgan fingerprint density at radius 2 is 2.24 bits per heavy atom. The Bertz CT molecular complexity index is 681. The zero-order valence-corrected chi connectivity index (χ0v) is 15.9. The first-order chi connectivity index (χ1) is 12.2. The molecule has 1 aliphatic rings. The second-order valence-electron chi connectivity index (χ2n) is 6.81. The van der Waals surface area contributed by atoms with Gasteiger partial charge in [-0.25, -0.2) is 0 Å². The Labute approximate surface area is 153 Å². The van der Waals surface area contributed by atoms with E-state index in [1.807, 2.05) is 12.1 Å². The number of nitrogens with one attached hydrogen (secondary N) is 2. The molecule has 1 aliphatic heterocycles. The van der Waals surface area contributed by atoms with Gasteiger partial charge in [0.1, 0.15) is 6.10 Å². The van der Waals surface area contributed by atoms with E-state index in [9.17, 15) is 5.11 Å². The van der Waals surface area contributed by atoms with E-state index in [1.165, 1.54) is 29.5 Å². The minimum absolute atomic E-state index is 0.455. The molecule has 0 saturated carbocycles. The van der Waals surface area contributed by atoms with Gasteiger partial charge in [0.2, 0.25) is 0 Å². The lowest BCUT2D eigenvalue weighted by molar-refractivity contribution is 0.184. The molecule has 0 radical (unpaired) electrons. The van der Waals surface area contributed by atoms with Crippen LogP contribution < -0.4 is 10.6 Å². The fraction of sp³-hybridized carbons (Fsp3) is 0.526. The molecule has 5 nitrogen and oxygen atoms in total. The first-order valence-corrected chi connectivity index (χ1v) is 9.77. The molecule has 2 aromatic rings. The predicted molar refractivity (Wildman–Crippen MR) is 106 cm³/mol. The number of hydrogen-bond donors (Lipinski definition) is 3. The Morgan fingerprint density at radius 1 is 1.40 bits per heavy atom. The van der Waals surface area contributed by atoms with Crippen molar-refractivity contribution < 1.29 is 5.11 Å². The summed E-state index contributed by atoms with van der Waals surface area (Å²) < 4.78 is 1.21. The largest absolute Gasteiger partial charge is 0.386 e. The van der Waals surface area contributed by atoms with E-state index in [0.29, 0.717) is 12.5 Å². The van der Waals surface area contributed by atoms with Gasteiger partial charge in [-0.15, -0.1) is 11.3 Å². The van der Waals surface area contributed by atoms with Gasteiger partial charge in [-0.2, -0.15) is 0 Å². The second kappa shape index (κ2) is 8.65. The van der Waals surface area contributed by atoms with Crippen molar-refractivity contribution in [3.8, 4) is 0 Å². The van der Waals surface area contributed by atoms with Crippen molar-refractivity contribution in [3.63, 3.8) is 0 Å². The lowest BCUT2D eigenvalue weighted by Gasteiger charge is -2.30. The van der Waals surface area contributed by atoms with Crippen molar-refractivity contribution in [1.82, 2.24) is 15.5 Å². The molecule has 2 atom stereocenters. The van der Waals surface area contributed by atoms with Crippen molar-refractivity contribution in [2.45, 2.75) is 18.9 Å². The highest BCUT2D eigenvalue weighted by atomic mass is 32.1. The summed E-state index contributed by atoms with van der Waals surface area (Å²) in [7, 11) is 3.95. The monoisotopic (exact) mass is 360 g/mol. The molecule has 136 valence electrons. The number of hydrogen-bond acceptors (Lipinski definition) is 4. The molecule has 2 unspecified atom stereocenters. The smallest absolute Gasteiger partial charge is 0.191 e. The molecule has 1 saturated heterocycles. The lowest BCUT2D eigenvalue weighted by atomic mass is 9.99. The Balaban J connectivity index is 1.48. The molecule has 1 fully saturated rings. The number of aliphatic hydroxyl groups is 1. The standard InChI is InChI=1S/C19H28N4OS/c1-20-19(21-11-14-6-5-9-23(2)13-14)22-12-16(24)18-10-15-7-3-4-8-17(15)25-18/h3-4,7-8,10,14,16,24H,5-6,9,11-13H2,1-2H3,(H2,20,21,22). The van der Waals surface area contributed by atoms with Gasteiger partial charge in [0.05, 0.1) is 0 Å². The highest BCUT2D eigenvalue weighted by Gasteiger charge is 2.17. The van der Waals surface area contributed by atoms with Crippen LogP contribution in [0.3, 0.4) is 0 Å². The summed E-state index contributed by atoms with van der Waals surface area (Å²) in [6, 6.07) is 10.3. The van der Waals surface area contributed by atoms with Crippen LogP contribution in [-0.4, -0.2) is 56.2 Å². The molecule has 2 heterocycles. The second-order valence-corrected chi connectivity index (χ2v) is 7.92. The molecule has 1 aromatic heterocycles. The molecule has 6 heteroatoms. The average molecular weight is 361 g/mol. The summed E-state index contributed by atoms with van der Waals surface area (Å²) in [4.78, 5) is 7.64. The minimum atomic E-state index is -0.531. The first-order valence-electron chi connectivity index (χ1n) is 8.95. The van der Waals surface area contributed by atoms with Crippen LogP contribution in [0, 0.1) is 5.92 Å². The van der Waals surface area contributed by atoms with E-state index in [2.05, 4.69) is 45.8 Å². The molecule has 0 spiro atoms. The number of guanidine groups is 1. The van der Waals surface area contributed by atoms with Crippen LogP contribution in [0.2, 0.25) is 0 Å². The number of likely N-dealkylation sites (tertiary alicyclic amines) is 1. The lowest BCUT2D eigenvalue weighted by Crippen LogP contribution is -2.44. The predicted octanol–water partition coefficient (Wildman–Crippen LogP) is 2.44. The van der Waals surface area contributed by atoms with E-state index < -0.39 is 6.10 Å². The average Bonchev–Trinajstić information content (AvgIpc) is 3.06. The van der Waals surface area contributed by atoms with Crippen LogP contribution in [0.15, 0.2) is 35.3 Å². The quantitative estimate of drug-likeness (QED) is 0.566. The Hall–Kier alpha value is -1.63. The molecule has 25 heavy (non-hydrogen) atoms. The molecule has 0 bridgehead atoms. The normalized spacial score (nSPS) is 20.6. The summed E-state index contributed by atoms with van der Waals surface area (Å²) in [5.41, 5.74) is 0. The Kier molecular flexibility index (Phi) is 6.29. The zero-order chi connectivity index (χ0) is 17.6. The first kappa shape index (κ1) is 18.2. The van der Waals surface area contributed by atoms with Crippen LogP contribution in [-0.2, 0) is 0 Å². The number of aliphatic imine (C=N–C) groups is 1. The van der Waals surface area contributed by atoms with E-state index in [1.54, 1.807) is 18.4 Å². The molecule has 3 N–H and O–H groups in total. The number of nitrogens with zero attached hydrogens (tertiary/aromatic N) is 2. The van der Waals surface area contributed by atoms with Crippen LogP contribution in [0.25, 0.3) is 10.1 Å². The number of aliphatic hydroxyl groups excluding tert-OH is 1. The molecular formula is C19H28N4OS. The van der Waals surface area contributed by atoms with E-state index >= 15 is 0 Å². The number of fused-ring (bicyclic) bond motifs is 1. The van der Waals surface area contributed by atoms with Crippen molar-refractivity contribution in [3.05, 3.63) is 35.2 Å². The van der Waals surface area contributed by atoms with Gasteiger partial charge in [0.15, 0.2) is 5.96 Å². The number of benzene rings is 1. The summed E-state index contributed by atoms with van der Waals surface area (Å²) in [5.74, 6) is 1.42. The number of thiophene rings is 1. The van der Waals surface area contributed by atoms with Crippen molar-refractivity contribution >= 4 is 27.4 Å². The number of rotatable bonds is 5. The zero-order valence-electron chi connectivity index (χ0n) is 15.0. The van der Waals surface area contributed by atoms with Crippen LogP contribution in [0.5, 0.6) is 0 Å². The van der Waals surface area contributed by atoms with Gasteiger partial charge >= 0.3 is 0 Å². The van der Waals surface area contributed by atoms with Crippen molar-refractivity contribution in [2.75, 3.05) is 40.3 Å². The van der Waals surface area contributed by atoms with Crippen molar-refractivity contribution in [1.29, 1.82) is 0 Å². The summed E-state index contributed by atoms with van der Waals surface area (Å²) in [5, 5.41) is 18.3. The number of piperidine rings is 1. The molecule has 0 amide bonds. The van der Waals surface area contributed by atoms with Crippen LogP contribution in [0.1, 0.15) is 23.8 Å². The molecule has 1 aromatic carbocycles. The van der Waals surface area contributed by atoms with E-state index in [0.717, 1.165) is 23.9 Å². The third-order valence-corrected chi connectivity index (χ3v) is 5.96. The summed E-state index contributed by atoms with van der Waals surface area (Å²) >= 11 is 1.65. The summed E-state index contributed by atoms with van der Waals surface area (Å²) in [6.45, 7) is 3.71. The Morgan fingerprint density at radius 3 is 3.00 bits per heavy atom. The fourth-order valence-corrected chi connectivity index (χ4v) is 4.41. The minimum Gasteiger partial charge on any atom is -0.386 e. The van der Waals surface area contributed by atoms with E-state index in [-0.39, 0.29) is 0 Å². The van der Waals surface area contributed by atoms with Gasteiger partial charge in [0, 0.05) is 36.3 Å².